The number of carbonyl (C=O) groups excluding carboxylic acids is 1. The predicted molar refractivity (Wildman–Crippen MR) is 87.9 cm³/mol. The van der Waals surface area contributed by atoms with E-state index in [9.17, 15) is 4.79 Å². The monoisotopic (exact) mass is 294 g/mol. The Morgan fingerprint density at radius 2 is 1.76 bits per heavy atom. The zero-order valence-corrected chi connectivity index (χ0v) is 12.8. The van der Waals surface area contributed by atoms with Gasteiger partial charge in [-0.1, -0.05) is 41.9 Å². The summed E-state index contributed by atoms with van der Waals surface area (Å²) in [7, 11) is 9.26. The molecule has 2 aromatic carbocycles. The fourth-order valence-corrected chi connectivity index (χ4v) is 2.39. The lowest BCUT2D eigenvalue weighted by Gasteiger charge is -2.15. The SMILES string of the molecule is [B]c1cccc(C(N=S)c2cccc(C(=O)N(C)C)c2)c1. The van der Waals surface area contributed by atoms with Gasteiger partial charge in [0.1, 0.15) is 13.9 Å². The summed E-state index contributed by atoms with van der Waals surface area (Å²) in [5.41, 5.74) is 3.07. The molecule has 5 heteroatoms. The lowest BCUT2D eigenvalue weighted by atomic mass is 9.90. The van der Waals surface area contributed by atoms with Crippen molar-refractivity contribution in [3.63, 3.8) is 0 Å². The summed E-state index contributed by atoms with van der Waals surface area (Å²) in [6, 6.07) is 14.5. The van der Waals surface area contributed by atoms with E-state index in [0.717, 1.165) is 11.1 Å². The summed E-state index contributed by atoms with van der Waals surface area (Å²) in [6.45, 7) is 0. The van der Waals surface area contributed by atoms with Crippen LogP contribution in [0.4, 0.5) is 0 Å². The minimum absolute atomic E-state index is 0.0486. The zero-order chi connectivity index (χ0) is 15.4. The Bertz CT molecular complexity index is 673. The number of rotatable bonds is 4. The average Bonchev–Trinajstić information content (AvgIpc) is 2.47. The molecule has 0 N–H and O–H groups in total. The second-order valence-corrected chi connectivity index (χ2v) is 5.21. The molecule has 1 atom stereocenters. The van der Waals surface area contributed by atoms with Crippen molar-refractivity contribution < 1.29 is 4.79 Å². The molecule has 0 heterocycles. The van der Waals surface area contributed by atoms with Crippen LogP contribution in [0.2, 0.25) is 0 Å². The van der Waals surface area contributed by atoms with Gasteiger partial charge in [-0.25, -0.2) is 4.36 Å². The van der Waals surface area contributed by atoms with Crippen LogP contribution in [0.1, 0.15) is 27.5 Å². The predicted octanol–water partition coefficient (Wildman–Crippen LogP) is 2.00. The standard InChI is InChI=1S/C16H15BN2OS/c1-19(2)16(20)13-7-3-5-11(9-13)15(18-21)12-6-4-8-14(17)10-12/h3-10,15H,1-2H3. The average molecular weight is 294 g/mol. The molecule has 0 bridgehead atoms. The summed E-state index contributed by atoms with van der Waals surface area (Å²) >= 11 is 4.93. The van der Waals surface area contributed by atoms with E-state index in [0.29, 0.717) is 11.0 Å². The molecule has 1 amide bonds. The molecule has 2 aromatic rings. The molecule has 0 aliphatic heterocycles. The quantitative estimate of drug-likeness (QED) is 0.808. The van der Waals surface area contributed by atoms with Crippen molar-refractivity contribution in [2.75, 3.05) is 14.1 Å². The van der Waals surface area contributed by atoms with Crippen molar-refractivity contribution in [1.82, 2.24) is 4.90 Å². The smallest absolute Gasteiger partial charge is 0.253 e. The van der Waals surface area contributed by atoms with Crippen LogP contribution in [-0.4, -0.2) is 32.7 Å². The van der Waals surface area contributed by atoms with Gasteiger partial charge < -0.3 is 4.90 Å². The molecule has 0 aliphatic carbocycles. The molecule has 21 heavy (non-hydrogen) atoms. The zero-order valence-electron chi connectivity index (χ0n) is 12.0. The van der Waals surface area contributed by atoms with Gasteiger partial charge in [-0.15, -0.1) is 0 Å². The van der Waals surface area contributed by atoms with Gasteiger partial charge in [-0.3, -0.25) is 4.79 Å². The molecule has 104 valence electrons. The Kier molecular flexibility index (Phi) is 4.86. The molecule has 0 aliphatic rings. The van der Waals surface area contributed by atoms with E-state index in [-0.39, 0.29) is 11.9 Å². The normalized spacial score (nSPS) is 11.7. The van der Waals surface area contributed by atoms with Crippen LogP contribution >= 0.6 is 0 Å². The number of hydrogen-bond acceptors (Lipinski definition) is 3. The van der Waals surface area contributed by atoms with Crippen molar-refractivity contribution in [3.05, 3.63) is 65.2 Å². The van der Waals surface area contributed by atoms with Crippen LogP contribution in [0.25, 0.3) is 0 Å². The third-order valence-corrected chi connectivity index (χ3v) is 3.40. The highest BCUT2D eigenvalue weighted by atomic mass is 32.1. The van der Waals surface area contributed by atoms with Gasteiger partial charge in [0.05, 0.1) is 0 Å². The molecule has 0 saturated carbocycles. The third kappa shape index (κ3) is 3.55. The van der Waals surface area contributed by atoms with E-state index in [2.05, 4.69) is 4.36 Å². The lowest BCUT2D eigenvalue weighted by molar-refractivity contribution is 0.0827. The van der Waals surface area contributed by atoms with Crippen molar-refractivity contribution in [2.45, 2.75) is 6.04 Å². The molecule has 3 nitrogen and oxygen atoms in total. The Morgan fingerprint density at radius 3 is 2.33 bits per heavy atom. The molecule has 0 aromatic heterocycles. The summed E-state index contributed by atoms with van der Waals surface area (Å²) in [5, 5.41) is 0. The van der Waals surface area contributed by atoms with E-state index in [4.69, 9.17) is 20.3 Å². The lowest BCUT2D eigenvalue weighted by Crippen LogP contribution is -2.21. The maximum Gasteiger partial charge on any atom is 0.253 e. The van der Waals surface area contributed by atoms with Crippen LogP contribution in [0.5, 0.6) is 0 Å². The van der Waals surface area contributed by atoms with Crippen LogP contribution < -0.4 is 5.46 Å². The van der Waals surface area contributed by atoms with Gasteiger partial charge >= 0.3 is 0 Å². The first kappa shape index (κ1) is 15.4. The topological polar surface area (TPSA) is 32.7 Å². The van der Waals surface area contributed by atoms with Crippen LogP contribution in [0, 0.1) is 0 Å². The van der Waals surface area contributed by atoms with E-state index < -0.39 is 0 Å². The Balaban J connectivity index is 2.41. The van der Waals surface area contributed by atoms with Gasteiger partial charge in [-0.2, -0.15) is 0 Å². The van der Waals surface area contributed by atoms with Crippen LogP contribution in [-0.2, 0) is 12.4 Å². The van der Waals surface area contributed by atoms with Gasteiger partial charge in [0.15, 0.2) is 0 Å². The fourth-order valence-electron chi connectivity index (χ4n) is 2.14. The number of hydrogen-bond donors (Lipinski definition) is 0. The first-order valence-electron chi connectivity index (χ1n) is 6.52. The molecular weight excluding hydrogens is 279 g/mol. The summed E-state index contributed by atoms with van der Waals surface area (Å²) in [4.78, 5) is 13.6. The van der Waals surface area contributed by atoms with Crippen molar-refractivity contribution >= 4 is 31.6 Å². The van der Waals surface area contributed by atoms with Gasteiger partial charge in [0.25, 0.3) is 5.91 Å². The number of nitrogens with zero attached hydrogens (tertiary/aromatic N) is 2. The summed E-state index contributed by atoms with van der Waals surface area (Å²) < 4.78 is 4.02. The number of benzene rings is 2. The first-order chi connectivity index (χ1) is 10.0. The molecule has 0 fully saturated rings. The number of amides is 1. The van der Waals surface area contributed by atoms with Gasteiger partial charge in [-0.05, 0) is 23.3 Å². The van der Waals surface area contributed by atoms with Crippen molar-refractivity contribution in [2.24, 2.45) is 4.36 Å². The van der Waals surface area contributed by atoms with E-state index in [1.165, 1.54) is 0 Å². The highest BCUT2D eigenvalue weighted by molar-refractivity contribution is 7.47. The fraction of sp³-hybridized carbons (Fsp3) is 0.188. The largest absolute Gasteiger partial charge is 0.345 e. The van der Waals surface area contributed by atoms with E-state index >= 15 is 0 Å². The number of carbonyl (C=O) groups is 1. The molecule has 2 radical (unpaired) electrons. The van der Waals surface area contributed by atoms with Crippen LogP contribution in [0.3, 0.4) is 0 Å². The van der Waals surface area contributed by atoms with Gasteiger partial charge in [0.2, 0.25) is 0 Å². The van der Waals surface area contributed by atoms with Crippen LogP contribution in [0.15, 0.2) is 52.9 Å². The summed E-state index contributed by atoms with van der Waals surface area (Å²) in [5.74, 6) is -0.0486. The Labute approximate surface area is 131 Å². The third-order valence-electron chi connectivity index (χ3n) is 3.19. The second-order valence-electron chi connectivity index (χ2n) is 5.00. The minimum atomic E-state index is -0.307. The summed E-state index contributed by atoms with van der Waals surface area (Å²) in [6.07, 6.45) is 0. The van der Waals surface area contributed by atoms with Crippen molar-refractivity contribution in [3.8, 4) is 0 Å². The van der Waals surface area contributed by atoms with E-state index in [1.54, 1.807) is 25.1 Å². The maximum atomic E-state index is 12.0. The van der Waals surface area contributed by atoms with Gasteiger partial charge in [0, 0.05) is 32.1 Å². The highest BCUT2D eigenvalue weighted by Crippen LogP contribution is 2.26. The Morgan fingerprint density at radius 1 is 1.14 bits per heavy atom. The highest BCUT2D eigenvalue weighted by Gasteiger charge is 2.15. The molecular formula is C16H15BN2OS. The first-order valence-corrected chi connectivity index (χ1v) is 6.89. The molecule has 2 rings (SSSR count). The molecule has 1 unspecified atom stereocenters. The van der Waals surface area contributed by atoms with Crippen molar-refractivity contribution in [1.29, 1.82) is 0 Å². The molecule has 0 spiro atoms. The Hall–Kier alpha value is -2.01. The maximum absolute atomic E-state index is 12.0. The minimum Gasteiger partial charge on any atom is -0.345 e. The van der Waals surface area contributed by atoms with E-state index in [1.807, 2.05) is 42.5 Å². The molecule has 0 saturated heterocycles. The second kappa shape index (κ2) is 6.63.